The van der Waals surface area contributed by atoms with Crippen molar-refractivity contribution in [2.45, 2.75) is 25.9 Å². The van der Waals surface area contributed by atoms with Crippen molar-refractivity contribution in [1.29, 1.82) is 0 Å². The number of hydrogen-bond acceptors (Lipinski definition) is 1. The van der Waals surface area contributed by atoms with Crippen molar-refractivity contribution in [3.05, 3.63) is 41.3 Å². The molecule has 0 aromatic heterocycles. The fourth-order valence-corrected chi connectivity index (χ4v) is 1.27. The second kappa shape index (κ2) is 5.25. The molecule has 1 aromatic rings. The molecule has 0 fully saturated rings. The highest BCUT2D eigenvalue weighted by Gasteiger charge is 2.01. The molecule has 1 N–H and O–H groups in total. The lowest BCUT2D eigenvalue weighted by Crippen LogP contribution is -2.04. The van der Waals surface area contributed by atoms with Crippen molar-refractivity contribution in [2.75, 3.05) is 0 Å². The molecule has 0 aliphatic heterocycles. The summed E-state index contributed by atoms with van der Waals surface area (Å²) in [4.78, 5) is 0. The molecule has 0 saturated heterocycles. The van der Waals surface area contributed by atoms with E-state index >= 15 is 0 Å². The number of rotatable bonds is 4. The Kier molecular flexibility index (Phi) is 4.26. The van der Waals surface area contributed by atoms with Gasteiger partial charge < -0.3 is 5.11 Å². The maximum Gasteiger partial charge on any atom is 0.0543 e. The maximum atomic E-state index is 9.32. The van der Waals surface area contributed by atoms with Crippen LogP contribution in [-0.2, 0) is 0 Å². The Labute approximate surface area is 84.4 Å². The molecule has 0 aliphatic carbocycles. The van der Waals surface area contributed by atoms with Gasteiger partial charge in [-0.25, -0.2) is 0 Å². The van der Waals surface area contributed by atoms with Crippen molar-refractivity contribution >= 4 is 11.6 Å². The Morgan fingerprint density at radius 3 is 2.92 bits per heavy atom. The molecular weight excluding hydrogens is 184 g/mol. The largest absolute Gasteiger partial charge is 0.393 e. The molecule has 1 radical (unpaired) electrons. The van der Waals surface area contributed by atoms with Crippen molar-refractivity contribution < 1.29 is 5.11 Å². The molecule has 1 aromatic carbocycles. The third-order valence-electron chi connectivity index (χ3n) is 1.95. The molecule has 0 aliphatic rings. The summed E-state index contributed by atoms with van der Waals surface area (Å²) in [5.41, 5.74) is 1.07. The first kappa shape index (κ1) is 10.6. The van der Waals surface area contributed by atoms with Crippen LogP contribution >= 0.6 is 11.6 Å². The standard InChI is InChI=1S/C11H14ClO/c1-2-11(13)7-6-9-4-3-5-10(12)8-9/h3-6,8,11,13H,2,7H2,1H3. The van der Waals surface area contributed by atoms with Gasteiger partial charge in [-0.2, -0.15) is 0 Å². The summed E-state index contributed by atoms with van der Waals surface area (Å²) in [7, 11) is 0. The van der Waals surface area contributed by atoms with E-state index in [-0.39, 0.29) is 6.10 Å². The van der Waals surface area contributed by atoms with Crippen molar-refractivity contribution in [3.63, 3.8) is 0 Å². The van der Waals surface area contributed by atoms with E-state index in [9.17, 15) is 5.11 Å². The number of hydrogen-bond donors (Lipinski definition) is 1. The molecule has 0 heterocycles. The highest BCUT2D eigenvalue weighted by Crippen LogP contribution is 2.14. The zero-order valence-electron chi connectivity index (χ0n) is 7.70. The topological polar surface area (TPSA) is 20.2 Å². The molecule has 1 atom stereocenters. The van der Waals surface area contributed by atoms with Gasteiger partial charge in [-0.1, -0.05) is 30.7 Å². The van der Waals surface area contributed by atoms with Gasteiger partial charge in [-0.05, 0) is 37.0 Å². The minimum absolute atomic E-state index is 0.237. The normalized spacial score (nSPS) is 12.8. The first-order chi connectivity index (χ1) is 6.22. The summed E-state index contributed by atoms with van der Waals surface area (Å²) in [6, 6.07) is 7.62. The number of halogens is 1. The Bertz CT molecular complexity index is 260. The van der Waals surface area contributed by atoms with Crippen LogP contribution in [0.5, 0.6) is 0 Å². The molecular formula is C11H14ClO. The molecule has 0 spiro atoms. The van der Waals surface area contributed by atoms with Gasteiger partial charge in [0, 0.05) is 5.02 Å². The number of aliphatic hydroxyl groups is 1. The van der Waals surface area contributed by atoms with Gasteiger partial charge in [0.1, 0.15) is 0 Å². The van der Waals surface area contributed by atoms with Crippen LogP contribution < -0.4 is 0 Å². The monoisotopic (exact) mass is 197 g/mol. The summed E-state index contributed by atoms with van der Waals surface area (Å²) in [6.45, 7) is 1.97. The zero-order valence-corrected chi connectivity index (χ0v) is 8.46. The van der Waals surface area contributed by atoms with Crippen LogP contribution in [0.1, 0.15) is 25.3 Å². The molecule has 71 valence electrons. The van der Waals surface area contributed by atoms with Gasteiger partial charge in [0.25, 0.3) is 0 Å². The average molecular weight is 198 g/mol. The smallest absolute Gasteiger partial charge is 0.0543 e. The molecule has 0 bridgehead atoms. The van der Waals surface area contributed by atoms with Crippen LogP contribution in [0.15, 0.2) is 24.3 Å². The zero-order chi connectivity index (χ0) is 9.68. The van der Waals surface area contributed by atoms with Gasteiger partial charge in [-0.3, -0.25) is 0 Å². The summed E-state index contributed by atoms with van der Waals surface area (Å²) < 4.78 is 0. The van der Waals surface area contributed by atoms with Crippen molar-refractivity contribution in [3.8, 4) is 0 Å². The lowest BCUT2D eigenvalue weighted by Gasteiger charge is -2.06. The summed E-state index contributed by atoms with van der Waals surface area (Å²) >= 11 is 5.81. The summed E-state index contributed by atoms with van der Waals surface area (Å²) in [5, 5.41) is 10.1. The Morgan fingerprint density at radius 2 is 2.31 bits per heavy atom. The van der Waals surface area contributed by atoms with Gasteiger partial charge in [0.2, 0.25) is 0 Å². The van der Waals surface area contributed by atoms with Gasteiger partial charge in [-0.15, -0.1) is 0 Å². The van der Waals surface area contributed by atoms with Crippen LogP contribution in [0.3, 0.4) is 0 Å². The van der Waals surface area contributed by atoms with E-state index in [1.807, 2.05) is 37.6 Å². The van der Waals surface area contributed by atoms with Crippen LogP contribution in [0, 0.1) is 6.42 Å². The van der Waals surface area contributed by atoms with E-state index in [0.29, 0.717) is 6.42 Å². The second-order valence-electron chi connectivity index (χ2n) is 3.06. The van der Waals surface area contributed by atoms with Gasteiger partial charge >= 0.3 is 0 Å². The predicted molar refractivity (Wildman–Crippen MR) is 55.8 cm³/mol. The van der Waals surface area contributed by atoms with Gasteiger partial charge in [0.05, 0.1) is 6.10 Å². The third kappa shape index (κ3) is 3.79. The first-order valence-electron chi connectivity index (χ1n) is 4.49. The van der Waals surface area contributed by atoms with Gasteiger partial charge in [0.15, 0.2) is 0 Å². The SMILES string of the molecule is CCC(O)C[CH]c1cccc(Cl)c1. The molecule has 0 amide bonds. The van der Waals surface area contributed by atoms with Crippen LogP contribution in [-0.4, -0.2) is 11.2 Å². The molecule has 0 saturated carbocycles. The van der Waals surface area contributed by atoms with E-state index in [1.54, 1.807) is 0 Å². The highest BCUT2D eigenvalue weighted by molar-refractivity contribution is 6.30. The van der Waals surface area contributed by atoms with Crippen LogP contribution in [0.2, 0.25) is 5.02 Å². The van der Waals surface area contributed by atoms with Crippen LogP contribution in [0.4, 0.5) is 0 Å². The van der Waals surface area contributed by atoms with E-state index in [1.165, 1.54) is 0 Å². The lowest BCUT2D eigenvalue weighted by molar-refractivity contribution is 0.170. The minimum atomic E-state index is -0.237. The molecule has 1 rings (SSSR count). The quantitative estimate of drug-likeness (QED) is 0.787. The molecule has 13 heavy (non-hydrogen) atoms. The van der Waals surface area contributed by atoms with Crippen molar-refractivity contribution in [2.24, 2.45) is 0 Å². The highest BCUT2D eigenvalue weighted by atomic mass is 35.5. The minimum Gasteiger partial charge on any atom is -0.393 e. The molecule has 1 nitrogen and oxygen atoms in total. The Balaban J connectivity index is 2.45. The molecule has 1 unspecified atom stereocenters. The van der Waals surface area contributed by atoms with E-state index in [2.05, 4.69) is 0 Å². The lowest BCUT2D eigenvalue weighted by atomic mass is 10.1. The second-order valence-corrected chi connectivity index (χ2v) is 3.49. The van der Waals surface area contributed by atoms with Crippen molar-refractivity contribution in [1.82, 2.24) is 0 Å². The number of aliphatic hydroxyl groups excluding tert-OH is 1. The maximum absolute atomic E-state index is 9.32. The Morgan fingerprint density at radius 1 is 1.54 bits per heavy atom. The predicted octanol–water partition coefficient (Wildman–Crippen LogP) is 3.05. The number of benzene rings is 1. The third-order valence-corrected chi connectivity index (χ3v) is 2.18. The average Bonchev–Trinajstić information content (AvgIpc) is 2.14. The Hall–Kier alpha value is -0.530. The van der Waals surface area contributed by atoms with E-state index in [4.69, 9.17) is 11.6 Å². The molecule has 2 heteroatoms. The summed E-state index contributed by atoms with van der Waals surface area (Å²) in [5.74, 6) is 0. The van der Waals surface area contributed by atoms with Crippen LogP contribution in [0.25, 0.3) is 0 Å². The fraction of sp³-hybridized carbons (Fsp3) is 0.364. The van der Waals surface area contributed by atoms with E-state index in [0.717, 1.165) is 17.0 Å². The first-order valence-corrected chi connectivity index (χ1v) is 4.87. The fourth-order valence-electron chi connectivity index (χ4n) is 1.07. The summed E-state index contributed by atoms with van der Waals surface area (Å²) in [6.07, 6.45) is 3.24. The van der Waals surface area contributed by atoms with E-state index < -0.39 is 0 Å².